The van der Waals surface area contributed by atoms with Gasteiger partial charge in [-0.15, -0.1) is 0 Å². The van der Waals surface area contributed by atoms with Crippen LogP contribution in [0, 0.1) is 0 Å². The second-order valence-electron chi connectivity index (χ2n) is 14.7. The van der Waals surface area contributed by atoms with E-state index in [0.717, 1.165) is 35.5 Å². The van der Waals surface area contributed by atoms with E-state index in [2.05, 4.69) is 158 Å². The Morgan fingerprint density at radius 3 is 2.15 bits per heavy atom. The van der Waals surface area contributed by atoms with Crippen molar-refractivity contribution in [1.29, 1.82) is 0 Å². The zero-order chi connectivity index (χ0) is 34.2. The number of allylic oxidation sites excluding steroid dienone is 2. The van der Waals surface area contributed by atoms with Gasteiger partial charge in [-0.05, 0) is 133 Å². The minimum absolute atomic E-state index is 0.106. The van der Waals surface area contributed by atoms with Crippen LogP contribution in [-0.2, 0) is 0 Å². The molecule has 246 valence electrons. The summed E-state index contributed by atoms with van der Waals surface area (Å²) in [5, 5.41) is 5.30. The first-order chi connectivity index (χ1) is 25.8. The molecule has 0 bridgehead atoms. The van der Waals surface area contributed by atoms with E-state index in [1.54, 1.807) is 0 Å². The van der Waals surface area contributed by atoms with Gasteiger partial charge in [0.2, 0.25) is 0 Å². The number of fused-ring (bicyclic) bond motifs is 9. The number of aliphatic imine (C=N–C) groups is 2. The Bertz CT molecular complexity index is 2730. The molecule has 2 nitrogen and oxygen atoms in total. The first kappa shape index (κ1) is 29.6. The lowest BCUT2D eigenvalue weighted by Gasteiger charge is -2.24. The lowest BCUT2D eigenvalue weighted by atomic mass is 9.79. The van der Waals surface area contributed by atoms with Crippen molar-refractivity contribution < 1.29 is 0 Å². The molecule has 52 heavy (non-hydrogen) atoms. The highest BCUT2D eigenvalue weighted by Gasteiger charge is 2.46. The van der Waals surface area contributed by atoms with Crippen molar-refractivity contribution in [3.05, 3.63) is 192 Å². The van der Waals surface area contributed by atoms with Gasteiger partial charge < -0.3 is 0 Å². The van der Waals surface area contributed by atoms with Gasteiger partial charge in [0.05, 0.1) is 5.71 Å². The lowest BCUT2D eigenvalue weighted by Crippen LogP contribution is -2.19. The molecule has 0 aromatic heterocycles. The molecule has 3 atom stereocenters. The summed E-state index contributed by atoms with van der Waals surface area (Å²) in [6, 6.07) is 53.7. The third kappa shape index (κ3) is 4.78. The van der Waals surface area contributed by atoms with Gasteiger partial charge in [0, 0.05) is 5.56 Å². The van der Waals surface area contributed by atoms with Crippen molar-refractivity contribution in [2.45, 2.75) is 37.1 Å². The molecule has 1 heterocycles. The molecule has 0 amide bonds. The fourth-order valence-corrected chi connectivity index (χ4v) is 9.03. The van der Waals surface area contributed by atoms with E-state index in [1.807, 2.05) is 6.07 Å². The smallest absolute Gasteiger partial charge is 0.155 e. The molecule has 1 aliphatic heterocycles. The third-order valence-electron chi connectivity index (χ3n) is 11.7. The summed E-state index contributed by atoms with van der Waals surface area (Å²) >= 11 is 0. The summed E-state index contributed by atoms with van der Waals surface area (Å²) in [6.07, 6.45) is 10.2. The van der Waals surface area contributed by atoms with Gasteiger partial charge in [-0.1, -0.05) is 140 Å². The van der Waals surface area contributed by atoms with Crippen molar-refractivity contribution >= 4 is 33.1 Å². The number of amidine groups is 1. The van der Waals surface area contributed by atoms with Crippen LogP contribution in [0.1, 0.15) is 53.4 Å². The van der Waals surface area contributed by atoms with Crippen molar-refractivity contribution in [2.75, 3.05) is 0 Å². The van der Waals surface area contributed by atoms with E-state index in [4.69, 9.17) is 9.98 Å². The maximum Gasteiger partial charge on any atom is 0.155 e. The van der Waals surface area contributed by atoms with Crippen LogP contribution in [0.3, 0.4) is 0 Å². The molecule has 7 aromatic carbocycles. The lowest BCUT2D eigenvalue weighted by molar-refractivity contribution is 0.959. The SMILES string of the molecule is C1=CC(C2N=C(c3ccccc3)N=C2c2cccc(-c3ccc4c(c3)-c3cc(-c5ccc6ccccc6c5)c5ccccc5c3C3CC43)c2)=CCC1. The summed E-state index contributed by atoms with van der Waals surface area (Å²) in [5.74, 6) is 1.99. The van der Waals surface area contributed by atoms with Crippen molar-refractivity contribution in [2.24, 2.45) is 9.98 Å². The van der Waals surface area contributed by atoms with Crippen LogP contribution in [0.2, 0.25) is 0 Å². The molecule has 3 aliphatic carbocycles. The second kappa shape index (κ2) is 11.7. The Morgan fingerprint density at radius 2 is 1.27 bits per heavy atom. The van der Waals surface area contributed by atoms with Crippen LogP contribution in [0.25, 0.3) is 54.9 Å². The number of hydrogen-bond acceptors (Lipinski definition) is 2. The molecule has 11 rings (SSSR count). The highest BCUT2D eigenvalue weighted by molar-refractivity contribution is 6.20. The van der Waals surface area contributed by atoms with E-state index < -0.39 is 0 Å². The Balaban J connectivity index is 1.04. The molecule has 0 N–H and O–H groups in total. The Labute approximate surface area is 304 Å². The van der Waals surface area contributed by atoms with Crippen LogP contribution >= 0.6 is 0 Å². The van der Waals surface area contributed by atoms with Gasteiger partial charge >= 0.3 is 0 Å². The molecule has 1 fully saturated rings. The fourth-order valence-electron chi connectivity index (χ4n) is 9.03. The predicted molar refractivity (Wildman–Crippen MR) is 218 cm³/mol. The molecule has 0 radical (unpaired) electrons. The summed E-state index contributed by atoms with van der Waals surface area (Å²) in [6.45, 7) is 0. The van der Waals surface area contributed by atoms with Crippen LogP contribution < -0.4 is 0 Å². The largest absolute Gasteiger partial charge is 0.251 e. The topological polar surface area (TPSA) is 24.7 Å². The van der Waals surface area contributed by atoms with Crippen LogP contribution in [-0.4, -0.2) is 17.6 Å². The average Bonchev–Trinajstić information content (AvgIpc) is 3.90. The van der Waals surface area contributed by atoms with Crippen molar-refractivity contribution in [3.63, 3.8) is 0 Å². The normalized spacial score (nSPS) is 19.8. The number of nitrogens with zero attached hydrogens (tertiary/aromatic N) is 2. The first-order valence-electron chi connectivity index (χ1n) is 18.7. The monoisotopic (exact) mass is 664 g/mol. The Kier molecular flexibility index (Phi) is 6.67. The minimum Gasteiger partial charge on any atom is -0.251 e. The summed E-state index contributed by atoms with van der Waals surface area (Å²) in [5.41, 5.74) is 15.3. The highest BCUT2D eigenvalue weighted by Crippen LogP contribution is 2.64. The zero-order valence-electron chi connectivity index (χ0n) is 28.8. The van der Waals surface area contributed by atoms with E-state index >= 15 is 0 Å². The molecule has 4 aliphatic rings. The maximum absolute atomic E-state index is 5.21. The van der Waals surface area contributed by atoms with E-state index in [9.17, 15) is 0 Å². The molecule has 2 heteroatoms. The zero-order valence-corrected chi connectivity index (χ0v) is 28.8. The van der Waals surface area contributed by atoms with E-state index in [0.29, 0.717) is 11.8 Å². The number of benzene rings is 7. The van der Waals surface area contributed by atoms with Crippen LogP contribution in [0.15, 0.2) is 179 Å². The van der Waals surface area contributed by atoms with Gasteiger partial charge in [-0.25, -0.2) is 4.99 Å². The van der Waals surface area contributed by atoms with Gasteiger partial charge in [0.15, 0.2) is 5.84 Å². The van der Waals surface area contributed by atoms with Crippen LogP contribution in [0.5, 0.6) is 0 Å². The average molecular weight is 665 g/mol. The minimum atomic E-state index is -0.106. The van der Waals surface area contributed by atoms with Crippen molar-refractivity contribution in [3.8, 4) is 33.4 Å². The third-order valence-corrected chi connectivity index (χ3v) is 11.7. The van der Waals surface area contributed by atoms with Crippen molar-refractivity contribution in [1.82, 2.24) is 0 Å². The maximum atomic E-state index is 5.21. The molecule has 0 spiro atoms. The Morgan fingerprint density at radius 1 is 0.500 bits per heavy atom. The van der Waals surface area contributed by atoms with Gasteiger partial charge in [-0.3, -0.25) is 4.99 Å². The quantitative estimate of drug-likeness (QED) is 0.175. The molecule has 7 aromatic rings. The Hall–Kier alpha value is -6.12. The first-order valence-corrected chi connectivity index (χ1v) is 18.7. The molecule has 1 saturated carbocycles. The van der Waals surface area contributed by atoms with E-state index in [-0.39, 0.29) is 6.04 Å². The van der Waals surface area contributed by atoms with Gasteiger partial charge in [0.1, 0.15) is 6.04 Å². The molecule has 0 saturated heterocycles. The predicted octanol–water partition coefficient (Wildman–Crippen LogP) is 12.5. The molecule has 3 unspecified atom stereocenters. The summed E-state index contributed by atoms with van der Waals surface area (Å²) in [7, 11) is 0. The second-order valence-corrected chi connectivity index (χ2v) is 14.7. The number of rotatable bonds is 5. The highest BCUT2D eigenvalue weighted by atomic mass is 15.0. The summed E-state index contributed by atoms with van der Waals surface area (Å²) < 4.78 is 0. The van der Waals surface area contributed by atoms with Gasteiger partial charge in [-0.2, -0.15) is 0 Å². The van der Waals surface area contributed by atoms with E-state index in [1.165, 1.54) is 78.0 Å². The van der Waals surface area contributed by atoms with Gasteiger partial charge in [0.25, 0.3) is 0 Å². The summed E-state index contributed by atoms with van der Waals surface area (Å²) in [4.78, 5) is 10.4. The fraction of sp³-hybridized carbons (Fsp3) is 0.120. The number of hydrogen-bond donors (Lipinski definition) is 0. The molecular formula is C50H36N2. The van der Waals surface area contributed by atoms with Crippen LogP contribution in [0.4, 0.5) is 0 Å². The standard InChI is InChI=1S/C50H36N2/c1-3-13-32(14-4-1)48-49(52-50(51-48)33-15-5-2-6-16-33)38-19-11-18-35(27-38)36-24-25-40-43(28-36)45-29-42(37-23-22-31-12-7-8-17-34(31)26-37)39-20-9-10-21-41(39)47(45)46-30-44(40)46/h2-3,5-29,44,46,48H,1,4,30H2. The molecular weight excluding hydrogens is 629 g/mol.